The molecule has 24 heavy (non-hydrogen) atoms. The van der Waals surface area contributed by atoms with Crippen molar-refractivity contribution < 1.29 is 14.6 Å². The third kappa shape index (κ3) is 3.27. The van der Waals surface area contributed by atoms with Crippen LogP contribution in [0.4, 0.5) is 0 Å². The second kappa shape index (κ2) is 6.57. The molecule has 0 amide bonds. The Balaban J connectivity index is 1.39. The summed E-state index contributed by atoms with van der Waals surface area (Å²) >= 11 is 0. The molecule has 132 valence electrons. The smallest absolute Gasteiger partial charge is 0.123 e. The molecule has 1 atom stereocenters. The molecular formula is C20H29NO3. The molecule has 1 saturated heterocycles. The van der Waals surface area contributed by atoms with Crippen LogP contribution in [-0.2, 0) is 6.42 Å². The summed E-state index contributed by atoms with van der Waals surface area (Å²) in [4.78, 5) is 2.68. The lowest BCUT2D eigenvalue weighted by molar-refractivity contribution is -0.0337. The van der Waals surface area contributed by atoms with Gasteiger partial charge in [0.05, 0.1) is 6.10 Å². The van der Waals surface area contributed by atoms with Gasteiger partial charge in [0.1, 0.15) is 23.7 Å². The maximum Gasteiger partial charge on any atom is 0.123 e. The summed E-state index contributed by atoms with van der Waals surface area (Å²) < 4.78 is 12.1. The number of hydrogen-bond donors (Lipinski definition) is 1. The molecule has 1 unspecified atom stereocenters. The topological polar surface area (TPSA) is 41.9 Å². The predicted octanol–water partition coefficient (Wildman–Crippen LogP) is 3.16. The fourth-order valence-electron chi connectivity index (χ4n) is 4.20. The van der Waals surface area contributed by atoms with E-state index in [1.165, 1.54) is 37.9 Å². The third-order valence-corrected chi connectivity index (χ3v) is 6.00. The zero-order valence-electron chi connectivity index (χ0n) is 14.7. The highest BCUT2D eigenvalue weighted by Gasteiger charge is 2.41. The molecule has 2 heterocycles. The SMILES string of the molecule is CC(O)COc1ccc2c(c1)CCC1(CCN(C3CCC3)CC1)O2. The van der Waals surface area contributed by atoms with Crippen LogP contribution in [0.2, 0.25) is 0 Å². The molecule has 4 heteroatoms. The van der Waals surface area contributed by atoms with Gasteiger partial charge < -0.3 is 19.5 Å². The van der Waals surface area contributed by atoms with Gasteiger partial charge in [-0.25, -0.2) is 0 Å². The minimum absolute atomic E-state index is 0.0508. The van der Waals surface area contributed by atoms with Crippen LogP contribution in [0, 0.1) is 0 Å². The third-order valence-electron chi connectivity index (χ3n) is 6.00. The number of aliphatic hydroxyl groups excluding tert-OH is 1. The van der Waals surface area contributed by atoms with Crippen LogP contribution in [0.1, 0.15) is 51.0 Å². The number of hydrogen-bond acceptors (Lipinski definition) is 4. The maximum absolute atomic E-state index is 9.35. The summed E-state index contributed by atoms with van der Waals surface area (Å²) in [6, 6.07) is 6.94. The van der Waals surface area contributed by atoms with E-state index in [4.69, 9.17) is 9.47 Å². The van der Waals surface area contributed by atoms with Crippen LogP contribution < -0.4 is 9.47 Å². The van der Waals surface area contributed by atoms with Crippen molar-refractivity contribution in [2.45, 2.75) is 69.6 Å². The molecule has 1 saturated carbocycles. The lowest BCUT2D eigenvalue weighted by Crippen LogP contribution is -2.53. The zero-order valence-corrected chi connectivity index (χ0v) is 14.7. The summed E-state index contributed by atoms with van der Waals surface area (Å²) in [5, 5.41) is 9.35. The van der Waals surface area contributed by atoms with E-state index >= 15 is 0 Å². The van der Waals surface area contributed by atoms with E-state index in [1.807, 2.05) is 12.1 Å². The first kappa shape index (κ1) is 16.2. The van der Waals surface area contributed by atoms with Crippen LogP contribution >= 0.6 is 0 Å². The Hall–Kier alpha value is -1.26. The summed E-state index contributed by atoms with van der Waals surface area (Å²) in [5.41, 5.74) is 1.29. The first-order valence-corrected chi connectivity index (χ1v) is 9.50. The normalized spacial score (nSPS) is 24.8. The first-order chi connectivity index (χ1) is 11.6. The summed E-state index contributed by atoms with van der Waals surface area (Å²) in [5.74, 6) is 1.86. The Morgan fingerprint density at radius 1 is 1.29 bits per heavy atom. The van der Waals surface area contributed by atoms with Crippen LogP contribution in [0.25, 0.3) is 0 Å². The standard InChI is InChI=1S/C20H29NO3/c1-15(22)14-23-18-5-6-19-16(13-18)7-8-20(24-19)9-11-21(12-10-20)17-3-2-4-17/h5-6,13,15,17,22H,2-4,7-12,14H2,1H3. The van der Waals surface area contributed by atoms with Crippen LogP contribution in [0.3, 0.4) is 0 Å². The number of likely N-dealkylation sites (tertiary alicyclic amines) is 1. The number of benzene rings is 1. The molecule has 0 radical (unpaired) electrons. The van der Waals surface area contributed by atoms with E-state index in [2.05, 4.69) is 11.0 Å². The second-order valence-corrected chi connectivity index (χ2v) is 7.84. The van der Waals surface area contributed by atoms with Crippen molar-refractivity contribution in [3.8, 4) is 11.5 Å². The van der Waals surface area contributed by atoms with E-state index in [9.17, 15) is 5.11 Å². The molecule has 1 N–H and O–H groups in total. The number of aryl methyl sites for hydroxylation is 1. The van der Waals surface area contributed by atoms with Crippen molar-refractivity contribution >= 4 is 0 Å². The highest BCUT2D eigenvalue weighted by atomic mass is 16.5. The van der Waals surface area contributed by atoms with Crippen molar-refractivity contribution in [1.29, 1.82) is 0 Å². The van der Waals surface area contributed by atoms with Crippen LogP contribution in [-0.4, -0.2) is 47.4 Å². The van der Waals surface area contributed by atoms with E-state index in [0.29, 0.717) is 6.61 Å². The van der Waals surface area contributed by atoms with E-state index in [-0.39, 0.29) is 5.60 Å². The van der Waals surface area contributed by atoms with E-state index in [1.54, 1.807) is 6.92 Å². The van der Waals surface area contributed by atoms with Crippen molar-refractivity contribution in [3.63, 3.8) is 0 Å². The van der Waals surface area contributed by atoms with E-state index in [0.717, 1.165) is 43.2 Å². The lowest BCUT2D eigenvalue weighted by atomic mass is 9.81. The molecule has 1 aliphatic carbocycles. The Kier molecular flexibility index (Phi) is 4.44. The van der Waals surface area contributed by atoms with Gasteiger partial charge in [-0.05, 0) is 69.2 Å². The molecule has 2 fully saturated rings. The van der Waals surface area contributed by atoms with Gasteiger partial charge in [-0.2, -0.15) is 0 Å². The van der Waals surface area contributed by atoms with Gasteiger partial charge in [0.25, 0.3) is 0 Å². The number of piperidine rings is 1. The highest BCUT2D eigenvalue weighted by Crippen LogP contribution is 2.41. The maximum atomic E-state index is 9.35. The van der Waals surface area contributed by atoms with Gasteiger partial charge in [0.2, 0.25) is 0 Å². The molecule has 0 aromatic heterocycles. The first-order valence-electron chi connectivity index (χ1n) is 9.50. The van der Waals surface area contributed by atoms with E-state index < -0.39 is 6.10 Å². The predicted molar refractivity (Wildman–Crippen MR) is 93.7 cm³/mol. The number of rotatable bonds is 4. The number of fused-ring (bicyclic) bond motifs is 1. The molecule has 1 aromatic carbocycles. The molecule has 4 rings (SSSR count). The molecule has 1 aromatic rings. The van der Waals surface area contributed by atoms with Crippen molar-refractivity contribution in [3.05, 3.63) is 23.8 Å². The van der Waals surface area contributed by atoms with Gasteiger partial charge in [0.15, 0.2) is 0 Å². The number of nitrogens with zero attached hydrogens (tertiary/aromatic N) is 1. The van der Waals surface area contributed by atoms with Crippen molar-refractivity contribution in [2.24, 2.45) is 0 Å². The fourth-order valence-corrected chi connectivity index (χ4v) is 4.20. The summed E-state index contributed by atoms with van der Waals surface area (Å²) in [6.45, 7) is 4.45. The van der Waals surface area contributed by atoms with Crippen LogP contribution in [0.15, 0.2) is 18.2 Å². The molecule has 4 nitrogen and oxygen atoms in total. The van der Waals surface area contributed by atoms with Gasteiger partial charge in [0, 0.05) is 19.1 Å². The van der Waals surface area contributed by atoms with Gasteiger partial charge in [-0.1, -0.05) is 6.42 Å². The zero-order chi connectivity index (χ0) is 16.6. The quantitative estimate of drug-likeness (QED) is 0.920. The van der Waals surface area contributed by atoms with Crippen molar-refractivity contribution in [2.75, 3.05) is 19.7 Å². The Morgan fingerprint density at radius 3 is 2.75 bits per heavy atom. The lowest BCUT2D eigenvalue weighted by Gasteiger charge is -2.48. The minimum atomic E-state index is -0.443. The monoisotopic (exact) mass is 331 g/mol. The minimum Gasteiger partial charge on any atom is -0.491 e. The number of aliphatic hydroxyl groups is 1. The molecule has 1 spiro atoms. The second-order valence-electron chi connectivity index (χ2n) is 7.84. The Labute approximate surface area is 144 Å². The average Bonchev–Trinajstić information content (AvgIpc) is 2.53. The fraction of sp³-hybridized carbons (Fsp3) is 0.700. The average molecular weight is 331 g/mol. The number of ether oxygens (including phenoxy) is 2. The molecule has 3 aliphatic rings. The van der Waals surface area contributed by atoms with Gasteiger partial charge >= 0.3 is 0 Å². The Morgan fingerprint density at radius 2 is 2.08 bits per heavy atom. The van der Waals surface area contributed by atoms with Gasteiger partial charge in [-0.3, -0.25) is 0 Å². The Bertz CT molecular complexity index is 574. The van der Waals surface area contributed by atoms with Crippen molar-refractivity contribution in [1.82, 2.24) is 4.90 Å². The summed E-state index contributed by atoms with van der Waals surface area (Å²) in [7, 11) is 0. The largest absolute Gasteiger partial charge is 0.491 e. The summed E-state index contributed by atoms with van der Waals surface area (Å²) in [6.07, 6.45) is 8.24. The van der Waals surface area contributed by atoms with Gasteiger partial charge in [-0.15, -0.1) is 0 Å². The molecular weight excluding hydrogens is 302 g/mol. The van der Waals surface area contributed by atoms with Crippen LogP contribution in [0.5, 0.6) is 11.5 Å². The molecule has 0 bridgehead atoms. The highest BCUT2D eigenvalue weighted by molar-refractivity contribution is 5.42. The molecule has 2 aliphatic heterocycles.